The van der Waals surface area contributed by atoms with Crippen LogP contribution in [0, 0.1) is 0 Å². The second kappa shape index (κ2) is 4.86. The van der Waals surface area contributed by atoms with Crippen molar-refractivity contribution in [1.82, 2.24) is 5.32 Å². The predicted molar refractivity (Wildman–Crippen MR) is 74.0 cm³/mol. The third-order valence-electron chi connectivity index (χ3n) is 3.54. The smallest absolute Gasteiger partial charge is 0.317 e. The summed E-state index contributed by atoms with van der Waals surface area (Å²) in [5.41, 5.74) is 6.45. The van der Waals surface area contributed by atoms with Crippen LogP contribution in [0.4, 0.5) is 0 Å². The second-order valence-corrected chi connectivity index (χ2v) is 4.77. The number of benzene rings is 2. The molecule has 1 aliphatic carbocycles. The molecule has 0 saturated carbocycles. The summed E-state index contributed by atoms with van der Waals surface area (Å²) in [6.45, 7) is 0.597. The van der Waals surface area contributed by atoms with Crippen molar-refractivity contribution < 1.29 is 9.90 Å². The zero-order chi connectivity index (χ0) is 13.2. The molecule has 19 heavy (non-hydrogen) atoms. The van der Waals surface area contributed by atoms with Gasteiger partial charge in [-0.25, -0.2) is 0 Å². The number of aliphatic carboxylic acids is 1. The molecule has 0 amide bonds. The molecule has 2 N–H and O–H groups in total. The molecule has 0 atom stereocenters. The molecule has 2 aromatic rings. The maximum absolute atomic E-state index is 10.5. The van der Waals surface area contributed by atoms with Gasteiger partial charge >= 0.3 is 5.97 Å². The van der Waals surface area contributed by atoms with Crippen LogP contribution in [0.25, 0.3) is 11.1 Å². The summed E-state index contributed by atoms with van der Waals surface area (Å²) in [7, 11) is 0. The van der Waals surface area contributed by atoms with Gasteiger partial charge in [0.15, 0.2) is 0 Å². The number of carboxylic acid groups (broad SMARTS) is 1. The minimum atomic E-state index is -0.823. The fraction of sp³-hybridized carbons (Fsp3) is 0.188. The normalized spacial score (nSPS) is 12.0. The van der Waals surface area contributed by atoms with E-state index in [1.807, 2.05) is 6.07 Å². The van der Waals surface area contributed by atoms with Gasteiger partial charge in [-0.05, 0) is 34.2 Å². The number of fused-ring (bicyclic) bond motifs is 3. The lowest BCUT2D eigenvalue weighted by Crippen LogP contribution is -2.22. The quantitative estimate of drug-likeness (QED) is 0.750. The van der Waals surface area contributed by atoms with Crippen molar-refractivity contribution in [1.29, 1.82) is 0 Å². The van der Waals surface area contributed by atoms with Gasteiger partial charge in [0, 0.05) is 6.54 Å². The lowest BCUT2D eigenvalue weighted by Gasteiger charge is -2.08. The van der Waals surface area contributed by atoms with Crippen LogP contribution in [0.2, 0.25) is 0 Å². The minimum absolute atomic E-state index is 0.00336. The molecule has 0 heterocycles. The fourth-order valence-electron chi connectivity index (χ4n) is 2.69. The Morgan fingerprint density at radius 1 is 1.11 bits per heavy atom. The molecule has 0 radical (unpaired) electrons. The largest absolute Gasteiger partial charge is 0.480 e. The van der Waals surface area contributed by atoms with E-state index in [2.05, 4.69) is 41.7 Å². The van der Waals surface area contributed by atoms with Crippen LogP contribution in [-0.4, -0.2) is 17.6 Å². The fourth-order valence-corrected chi connectivity index (χ4v) is 2.69. The van der Waals surface area contributed by atoms with Crippen molar-refractivity contribution in [3.63, 3.8) is 0 Å². The molecule has 3 nitrogen and oxygen atoms in total. The van der Waals surface area contributed by atoms with E-state index in [9.17, 15) is 4.79 Å². The Hall–Kier alpha value is -2.13. The van der Waals surface area contributed by atoms with E-state index in [0.717, 1.165) is 6.42 Å². The molecule has 96 valence electrons. The summed E-state index contributed by atoms with van der Waals surface area (Å²) >= 11 is 0. The summed E-state index contributed by atoms with van der Waals surface area (Å²) < 4.78 is 0. The van der Waals surface area contributed by atoms with Gasteiger partial charge in [-0.15, -0.1) is 0 Å². The van der Waals surface area contributed by atoms with Gasteiger partial charge in [-0.1, -0.05) is 42.5 Å². The zero-order valence-corrected chi connectivity index (χ0v) is 10.5. The Bertz CT molecular complexity index is 634. The van der Waals surface area contributed by atoms with Gasteiger partial charge in [0.25, 0.3) is 0 Å². The third-order valence-corrected chi connectivity index (χ3v) is 3.54. The van der Waals surface area contributed by atoms with Crippen LogP contribution >= 0.6 is 0 Å². The van der Waals surface area contributed by atoms with Crippen LogP contribution < -0.4 is 5.32 Å². The molecular formula is C16H15NO2. The van der Waals surface area contributed by atoms with E-state index >= 15 is 0 Å². The van der Waals surface area contributed by atoms with Gasteiger partial charge in [-0.2, -0.15) is 0 Å². The number of nitrogens with one attached hydrogen (secondary N) is 1. The summed E-state index contributed by atoms with van der Waals surface area (Å²) in [6, 6.07) is 14.7. The molecular weight excluding hydrogens is 238 g/mol. The van der Waals surface area contributed by atoms with Crippen LogP contribution in [0.5, 0.6) is 0 Å². The molecule has 3 heteroatoms. The Morgan fingerprint density at radius 3 is 2.74 bits per heavy atom. The molecule has 2 aromatic carbocycles. The number of hydrogen-bond acceptors (Lipinski definition) is 2. The van der Waals surface area contributed by atoms with Gasteiger partial charge < -0.3 is 10.4 Å². The summed E-state index contributed by atoms with van der Waals surface area (Å²) in [6.07, 6.45) is 0.941. The van der Waals surface area contributed by atoms with Crippen molar-refractivity contribution >= 4 is 5.97 Å². The van der Waals surface area contributed by atoms with E-state index < -0.39 is 5.97 Å². The average molecular weight is 253 g/mol. The second-order valence-electron chi connectivity index (χ2n) is 4.77. The Balaban J connectivity index is 1.88. The first-order valence-electron chi connectivity index (χ1n) is 6.37. The molecule has 0 spiro atoms. The van der Waals surface area contributed by atoms with Crippen molar-refractivity contribution in [2.45, 2.75) is 13.0 Å². The van der Waals surface area contributed by atoms with Gasteiger partial charge in [0.1, 0.15) is 0 Å². The molecule has 0 fully saturated rings. The maximum atomic E-state index is 10.5. The zero-order valence-electron chi connectivity index (χ0n) is 10.5. The van der Waals surface area contributed by atoms with Crippen molar-refractivity contribution in [3.05, 3.63) is 59.2 Å². The molecule has 0 saturated heterocycles. The van der Waals surface area contributed by atoms with Crippen molar-refractivity contribution in [2.24, 2.45) is 0 Å². The maximum Gasteiger partial charge on any atom is 0.317 e. The van der Waals surface area contributed by atoms with Gasteiger partial charge in [-0.3, -0.25) is 4.79 Å². The molecule has 1 aliphatic rings. The Labute approximate surface area is 111 Å². The van der Waals surface area contributed by atoms with E-state index in [0.29, 0.717) is 6.54 Å². The van der Waals surface area contributed by atoms with E-state index in [1.165, 1.54) is 27.8 Å². The van der Waals surface area contributed by atoms with Crippen molar-refractivity contribution in [3.8, 4) is 11.1 Å². The highest BCUT2D eigenvalue weighted by atomic mass is 16.4. The first-order valence-corrected chi connectivity index (χ1v) is 6.37. The number of rotatable bonds is 4. The Morgan fingerprint density at radius 2 is 1.89 bits per heavy atom. The topological polar surface area (TPSA) is 49.3 Å². The number of carboxylic acids is 1. The van der Waals surface area contributed by atoms with E-state index in [4.69, 9.17) is 5.11 Å². The average Bonchev–Trinajstić information content (AvgIpc) is 2.78. The van der Waals surface area contributed by atoms with E-state index in [1.54, 1.807) is 0 Å². The van der Waals surface area contributed by atoms with Crippen LogP contribution in [0.1, 0.15) is 16.7 Å². The monoisotopic (exact) mass is 253 g/mol. The summed E-state index contributed by atoms with van der Waals surface area (Å²) in [5.74, 6) is -0.823. The highest BCUT2D eigenvalue weighted by Gasteiger charge is 2.19. The van der Waals surface area contributed by atoms with Crippen LogP contribution in [-0.2, 0) is 17.8 Å². The number of hydrogen-bond donors (Lipinski definition) is 2. The summed E-state index contributed by atoms with van der Waals surface area (Å²) in [4.78, 5) is 10.5. The SMILES string of the molecule is O=C(O)CNCc1cccc2c1Cc1ccccc1-2. The van der Waals surface area contributed by atoms with Gasteiger partial charge in [0.05, 0.1) is 6.54 Å². The van der Waals surface area contributed by atoms with Gasteiger partial charge in [0.2, 0.25) is 0 Å². The van der Waals surface area contributed by atoms with Crippen LogP contribution in [0.3, 0.4) is 0 Å². The molecule has 0 unspecified atom stereocenters. The molecule has 0 aromatic heterocycles. The highest BCUT2D eigenvalue weighted by Crippen LogP contribution is 2.37. The lowest BCUT2D eigenvalue weighted by atomic mass is 10.0. The number of carbonyl (C=O) groups is 1. The third kappa shape index (κ3) is 2.25. The van der Waals surface area contributed by atoms with Crippen molar-refractivity contribution in [2.75, 3.05) is 6.54 Å². The summed E-state index contributed by atoms with van der Waals surface area (Å²) in [5, 5.41) is 11.6. The predicted octanol–water partition coefficient (Wildman–Crippen LogP) is 2.43. The molecule has 0 aliphatic heterocycles. The highest BCUT2D eigenvalue weighted by molar-refractivity contribution is 5.77. The Kier molecular flexibility index (Phi) is 3.05. The standard InChI is InChI=1S/C16H15NO2/c18-16(19)10-17-9-12-5-3-7-14-13-6-2-1-4-11(13)8-15(12)14/h1-7,17H,8-10H2,(H,18,19). The lowest BCUT2D eigenvalue weighted by molar-refractivity contribution is -0.135. The van der Waals surface area contributed by atoms with E-state index in [-0.39, 0.29) is 6.54 Å². The molecule has 3 rings (SSSR count). The molecule has 0 bridgehead atoms. The first-order chi connectivity index (χ1) is 9.25. The van der Waals surface area contributed by atoms with Crippen LogP contribution in [0.15, 0.2) is 42.5 Å². The minimum Gasteiger partial charge on any atom is -0.480 e. The first kappa shape index (κ1) is 11.9.